The highest BCUT2D eigenvalue weighted by molar-refractivity contribution is 5.35. The lowest BCUT2D eigenvalue weighted by Crippen LogP contribution is -2.42. The first-order valence-electron chi connectivity index (χ1n) is 7.00. The summed E-state index contributed by atoms with van der Waals surface area (Å²) in [4.78, 5) is 11.3. The molecule has 1 fully saturated rings. The number of nitrogens with zero attached hydrogens (tertiary/aromatic N) is 3. The molecule has 0 saturated carbocycles. The summed E-state index contributed by atoms with van der Waals surface area (Å²) < 4.78 is 5.24. The molecule has 0 bridgehead atoms. The molecule has 1 aromatic heterocycles. The van der Waals surface area contributed by atoms with E-state index in [0.717, 1.165) is 24.7 Å². The van der Waals surface area contributed by atoms with E-state index in [1.807, 2.05) is 13.0 Å². The fourth-order valence-corrected chi connectivity index (χ4v) is 2.43. The minimum Gasteiger partial charge on any atom is -0.481 e. The van der Waals surface area contributed by atoms with E-state index < -0.39 is 0 Å². The second-order valence-corrected chi connectivity index (χ2v) is 5.39. The van der Waals surface area contributed by atoms with E-state index in [9.17, 15) is 0 Å². The Morgan fingerprint density at radius 1 is 1.47 bits per heavy atom. The van der Waals surface area contributed by atoms with Gasteiger partial charge in [-0.05, 0) is 40.2 Å². The summed E-state index contributed by atoms with van der Waals surface area (Å²) in [5.74, 6) is 1.40. The number of rotatable bonds is 5. The van der Waals surface area contributed by atoms with E-state index in [1.165, 1.54) is 12.8 Å². The number of aromatic nitrogens is 2. The van der Waals surface area contributed by atoms with Crippen molar-refractivity contribution in [1.82, 2.24) is 15.3 Å². The van der Waals surface area contributed by atoms with Crippen LogP contribution in [0.2, 0.25) is 0 Å². The van der Waals surface area contributed by atoms with E-state index in [2.05, 4.69) is 34.0 Å². The average molecular weight is 264 g/mol. The van der Waals surface area contributed by atoms with E-state index in [1.54, 1.807) is 7.11 Å². The maximum absolute atomic E-state index is 5.24. The van der Waals surface area contributed by atoms with Gasteiger partial charge in [0.25, 0.3) is 0 Å². The third kappa shape index (κ3) is 3.56. The van der Waals surface area contributed by atoms with Crippen molar-refractivity contribution in [2.24, 2.45) is 0 Å². The van der Waals surface area contributed by atoms with Crippen LogP contribution in [0.15, 0.2) is 6.07 Å². The van der Waals surface area contributed by atoms with Gasteiger partial charge in [0.1, 0.15) is 0 Å². The van der Waals surface area contributed by atoms with Gasteiger partial charge in [-0.1, -0.05) is 0 Å². The van der Waals surface area contributed by atoms with Crippen LogP contribution in [0.3, 0.4) is 0 Å². The van der Waals surface area contributed by atoms with Crippen molar-refractivity contribution in [3.63, 3.8) is 0 Å². The van der Waals surface area contributed by atoms with Crippen LogP contribution in [-0.2, 0) is 0 Å². The third-order valence-corrected chi connectivity index (χ3v) is 3.49. The van der Waals surface area contributed by atoms with Crippen molar-refractivity contribution < 1.29 is 4.74 Å². The molecule has 5 heteroatoms. The lowest BCUT2D eigenvalue weighted by atomic mass is 10.2. The number of aryl methyl sites for hydroxylation is 1. The van der Waals surface area contributed by atoms with Gasteiger partial charge in [-0.25, -0.2) is 4.98 Å². The summed E-state index contributed by atoms with van der Waals surface area (Å²) in [7, 11) is 1.64. The van der Waals surface area contributed by atoms with Crippen LogP contribution >= 0.6 is 0 Å². The molecule has 19 heavy (non-hydrogen) atoms. The smallest absolute Gasteiger partial charge is 0.229 e. The molecule has 1 aliphatic heterocycles. The molecule has 2 rings (SSSR count). The molecule has 1 unspecified atom stereocenters. The normalized spacial score (nSPS) is 18.9. The Bertz CT molecular complexity index is 416. The van der Waals surface area contributed by atoms with Crippen molar-refractivity contribution in [2.45, 2.75) is 45.7 Å². The molecule has 2 heterocycles. The molecule has 5 nitrogen and oxygen atoms in total. The van der Waals surface area contributed by atoms with Gasteiger partial charge in [0.2, 0.25) is 11.8 Å². The summed E-state index contributed by atoms with van der Waals surface area (Å²) in [6.07, 6.45) is 2.49. The number of hydrogen-bond donors (Lipinski definition) is 1. The topological polar surface area (TPSA) is 50.3 Å². The summed E-state index contributed by atoms with van der Waals surface area (Å²) in [6.45, 7) is 8.39. The van der Waals surface area contributed by atoms with Gasteiger partial charge in [0.15, 0.2) is 0 Å². The average Bonchev–Trinajstić information content (AvgIpc) is 2.87. The van der Waals surface area contributed by atoms with Crippen LogP contribution in [0.5, 0.6) is 5.88 Å². The predicted octanol–water partition coefficient (Wildman–Crippen LogP) is 1.76. The summed E-state index contributed by atoms with van der Waals surface area (Å²) in [5.41, 5.74) is 0.937. The first kappa shape index (κ1) is 14.1. The molecule has 1 N–H and O–H groups in total. The zero-order valence-electron chi connectivity index (χ0n) is 12.3. The van der Waals surface area contributed by atoms with E-state index in [0.29, 0.717) is 18.0 Å². The van der Waals surface area contributed by atoms with Crippen LogP contribution in [-0.4, -0.2) is 42.3 Å². The zero-order chi connectivity index (χ0) is 13.8. The Kier molecular flexibility index (Phi) is 4.58. The van der Waals surface area contributed by atoms with Gasteiger partial charge in [-0.3, -0.25) is 0 Å². The van der Waals surface area contributed by atoms with Gasteiger partial charge in [0, 0.05) is 30.4 Å². The number of hydrogen-bond acceptors (Lipinski definition) is 5. The Balaban J connectivity index is 2.19. The van der Waals surface area contributed by atoms with Crippen LogP contribution < -0.4 is 15.0 Å². The van der Waals surface area contributed by atoms with E-state index in [4.69, 9.17) is 4.74 Å². The fourth-order valence-electron chi connectivity index (χ4n) is 2.43. The van der Waals surface area contributed by atoms with Crippen molar-refractivity contribution in [2.75, 3.05) is 25.1 Å². The molecule has 1 aliphatic rings. The molecule has 1 atom stereocenters. The largest absolute Gasteiger partial charge is 0.481 e. The van der Waals surface area contributed by atoms with Crippen molar-refractivity contribution >= 4 is 5.95 Å². The summed E-state index contributed by atoms with van der Waals surface area (Å²) in [5, 5.41) is 3.53. The zero-order valence-corrected chi connectivity index (χ0v) is 12.3. The molecule has 106 valence electrons. The Hall–Kier alpha value is -1.36. The lowest BCUT2D eigenvalue weighted by Gasteiger charge is -2.29. The standard InChI is InChI=1S/C14H24N4O/c1-10(2)18(9-12-6-5-7-15-12)14-16-11(3)8-13(17-14)19-4/h8,10,12,15H,5-7,9H2,1-4H3. The monoisotopic (exact) mass is 264 g/mol. The molecule has 1 saturated heterocycles. The quantitative estimate of drug-likeness (QED) is 0.878. The Morgan fingerprint density at radius 3 is 2.84 bits per heavy atom. The Labute approximate surface area is 115 Å². The maximum Gasteiger partial charge on any atom is 0.229 e. The molecule has 0 radical (unpaired) electrons. The molecule has 1 aromatic rings. The molecule has 0 aliphatic carbocycles. The molecular formula is C14H24N4O. The SMILES string of the molecule is COc1cc(C)nc(N(CC2CCCN2)C(C)C)n1. The van der Waals surface area contributed by atoms with E-state index >= 15 is 0 Å². The molecule has 0 amide bonds. The van der Waals surface area contributed by atoms with Crippen LogP contribution in [0.1, 0.15) is 32.4 Å². The molecule has 0 aromatic carbocycles. The van der Waals surface area contributed by atoms with Gasteiger partial charge in [-0.15, -0.1) is 0 Å². The predicted molar refractivity (Wildman–Crippen MR) is 76.8 cm³/mol. The summed E-state index contributed by atoms with van der Waals surface area (Å²) >= 11 is 0. The van der Waals surface area contributed by atoms with Crippen LogP contribution in [0.25, 0.3) is 0 Å². The highest BCUT2D eigenvalue weighted by Gasteiger charge is 2.22. The van der Waals surface area contributed by atoms with Crippen LogP contribution in [0.4, 0.5) is 5.95 Å². The number of ether oxygens (including phenoxy) is 1. The first-order chi connectivity index (χ1) is 9.10. The number of methoxy groups -OCH3 is 1. The van der Waals surface area contributed by atoms with Crippen molar-refractivity contribution in [3.05, 3.63) is 11.8 Å². The van der Waals surface area contributed by atoms with Crippen molar-refractivity contribution in [3.8, 4) is 5.88 Å². The fraction of sp³-hybridized carbons (Fsp3) is 0.714. The highest BCUT2D eigenvalue weighted by Crippen LogP contribution is 2.19. The minimum atomic E-state index is 0.369. The maximum atomic E-state index is 5.24. The lowest BCUT2D eigenvalue weighted by molar-refractivity contribution is 0.395. The highest BCUT2D eigenvalue weighted by atomic mass is 16.5. The molecular weight excluding hydrogens is 240 g/mol. The Morgan fingerprint density at radius 2 is 2.26 bits per heavy atom. The molecule has 0 spiro atoms. The van der Waals surface area contributed by atoms with Gasteiger partial charge in [-0.2, -0.15) is 4.98 Å². The third-order valence-electron chi connectivity index (χ3n) is 3.49. The van der Waals surface area contributed by atoms with Crippen molar-refractivity contribution in [1.29, 1.82) is 0 Å². The first-order valence-corrected chi connectivity index (χ1v) is 7.00. The van der Waals surface area contributed by atoms with Gasteiger partial charge < -0.3 is 15.0 Å². The van der Waals surface area contributed by atoms with Gasteiger partial charge in [0.05, 0.1) is 7.11 Å². The van der Waals surface area contributed by atoms with Gasteiger partial charge >= 0.3 is 0 Å². The minimum absolute atomic E-state index is 0.369. The number of anilines is 1. The van der Waals surface area contributed by atoms with E-state index in [-0.39, 0.29) is 0 Å². The van der Waals surface area contributed by atoms with Crippen LogP contribution in [0, 0.1) is 6.92 Å². The number of nitrogens with one attached hydrogen (secondary N) is 1. The summed E-state index contributed by atoms with van der Waals surface area (Å²) in [6, 6.07) is 2.77. The second kappa shape index (κ2) is 6.19. The second-order valence-electron chi connectivity index (χ2n) is 5.39.